The minimum atomic E-state index is -0.482. The maximum atomic E-state index is 13.8. The van der Waals surface area contributed by atoms with Crippen molar-refractivity contribution in [2.75, 3.05) is 24.6 Å². The first-order valence-electron chi connectivity index (χ1n) is 5.34. The van der Waals surface area contributed by atoms with Crippen molar-refractivity contribution in [2.24, 2.45) is 0 Å². The Morgan fingerprint density at radius 2 is 2.19 bits per heavy atom. The molecule has 4 nitrogen and oxygen atoms in total. The van der Waals surface area contributed by atoms with Crippen LogP contribution in [0.3, 0.4) is 0 Å². The molecule has 0 saturated carbocycles. The summed E-state index contributed by atoms with van der Waals surface area (Å²) in [4.78, 5) is 5.71. The summed E-state index contributed by atoms with van der Waals surface area (Å²) in [6.45, 7) is 2.78. The highest BCUT2D eigenvalue weighted by Gasteiger charge is 2.14. The molecule has 2 N–H and O–H groups in total. The molecule has 0 saturated heterocycles. The normalized spacial score (nSPS) is 10.5. The Bertz CT molecular complexity index is 334. The zero-order valence-electron chi connectivity index (χ0n) is 9.36. The van der Waals surface area contributed by atoms with Gasteiger partial charge in [-0.05, 0) is 19.4 Å². The van der Waals surface area contributed by atoms with Crippen LogP contribution < -0.4 is 4.90 Å². The van der Waals surface area contributed by atoms with Crippen molar-refractivity contribution in [1.29, 1.82) is 0 Å². The lowest BCUT2D eigenvalue weighted by atomic mass is 10.2. The van der Waals surface area contributed by atoms with Crippen LogP contribution in [0.4, 0.5) is 10.2 Å². The van der Waals surface area contributed by atoms with Crippen molar-refractivity contribution >= 4 is 5.82 Å². The summed E-state index contributed by atoms with van der Waals surface area (Å²) in [7, 11) is 0. The fraction of sp³-hybridized carbons (Fsp3) is 0.545. The molecule has 1 rings (SSSR count). The second-order valence-electron chi connectivity index (χ2n) is 3.42. The highest BCUT2D eigenvalue weighted by atomic mass is 19.1. The van der Waals surface area contributed by atoms with Gasteiger partial charge in [-0.25, -0.2) is 9.37 Å². The molecule has 5 heteroatoms. The van der Waals surface area contributed by atoms with E-state index in [2.05, 4.69) is 4.98 Å². The van der Waals surface area contributed by atoms with Gasteiger partial charge in [0.05, 0.1) is 6.61 Å². The van der Waals surface area contributed by atoms with Crippen LogP contribution in [0.15, 0.2) is 12.3 Å². The molecular weight excluding hydrogens is 211 g/mol. The third-order valence-electron chi connectivity index (χ3n) is 2.39. The molecule has 0 amide bonds. The molecule has 0 fully saturated rings. The van der Waals surface area contributed by atoms with Gasteiger partial charge < -0.3 is 15.1 Å². The van der Waals surface area contributed by atoms with Gasteiger partial charge in [-0.1, -0.05) is 0 Å². The lowest BCUT2D eigenvalue weighted by molar-refractivity contribution is 0.275. The summed E-state index contributed by atoms with van der Waals surface area (Å²) in [5.41, 5.74) is 0.243. The minimum Gasteiger partial charge on any atom is -0.396 e. The zero-order valence-corrected chi connectivity index (χ0v) is 9.36. The molecule has 0 aromatic carbocycles. The predicted octanol–water partition coefficient (Wildman–Crippen LogP) is 0.922. The number of aromatic nitrogens is 1. The first-order valence-corrected chi connectivity index (χ1v) is 5.34. The number of aliphatic hydroxyl groups is 2. The summed E-state index contributed by atoms with van der Waals surface area (Å²) in [5, 5.41) is 17.7. The third kappa shape index (κ3) is 2.90. The SMILES string of the molecule is CCN(CCCO)c1nccc(CO)c1F. The van der Waals surface area contributed by atoms with E-state index in [1.165, 1.54) is 12.3 Å². The highest BCUT2D eigenvalue weighted by molar-refractivity contribution is 5.42. The van der Waals surface area contributed by atoms with E-state index in [4.69, 9.17) is 10.2 Å². The van der Waals surface area contributed by atoms with Crippen molar-refractivity contribution in [2.45, 2.75) is 20.0 Å². The Kier molecular flexibility index (Phi) is 5.14. The summed E-state index contributed by atoms with van der Waals surface area (Å²) in [6.07, 6.45) is 2.05. The van der Waals surface area contributed by atoms with E-state index >= 15 is 0 Å². The quantitative estimate of drug-likeness (QED) is 0.760. The lowest BCUT2D eigenvalue weighted by Crippen LogP contribution is -2.27. The van der Waals surface area contributed by atoms with Gasteiger partial charge in [0.1, 0.15) is 0 Å². The Labute approximate surface area is 94.4 Å². The maximum absolute atomic E-state index is 13.8. The van der Waals surface area contributed by atoms with E-state index in [-0.39, 0.29) is 24.6 Å². The predicted molar refractivity (Wildman–Crippen MR) is 59.7 cm³/mol. The molecule has 0 bridgehead atoms. The first kappa shape index (κ1) is 12.9. The second-order valence-corrected chi connectivity index (χ2v) is 3.42. The number of anilines is 1. The van der Waals surface area contributed by atoms with Crippen molar-refractivity contribution in [3.8, 4) is 0 Å². The van der Waals surface area contributed by atoms with Crippen molar-refractivity contribution < 1.29 is 14.6 Å². The molecule has 0 atom stereocenters. The van der Waals surface area contributed by atoms with Crippen molar-refractivity contribution in [1.82, 2.24) is 4.98 Å². The summed E-state index contributed by atoms with van der Waals surface area (Å²) >= 11 is 0. The average molecular weight is 228 g/mol. The van der Waals surface area contributed by atoms with Crippen LogP contribution >= 0.6 is 0 Å². The van der Waals surface area contributed by atoms with E-state index in [0.29, 0.717) is 19.5 Å². The molecule has 90 valence electrons. The van der Waals surface area contributed by atoms with Gasteiger partial charge in [-0.15, -0.1) is 0 Å². The van der Waals surface area contributed by atoms with Crippen LogP contribution in [0, 0.1) is 5.82 Å². The standard InChI is InChI=1S/C11H17FN2O2/c1-2-14(6-3-7-15)11-10(12)9(8-16)4-5-13-11/h4-5,15-16H,2-3,6-8H2,1H3. The molecule has 0 radical (unpaired) electrons. The van der Waals surface area contributed by atoms with E-state index in [0.717, 1.165) is 0 Å². The fourth-order valence-corrected chi connectivity index (χ4v) is 1.49. The first-order chi connectivity index (χ1) is 7.74. The Morgan fingerprint density at radius 3 is 2.75 bits per heavy atom. The molecule has 1 heterocycles. The van der Waals surface area contributed by atoms with Gasteiger partial charge in [0.2, 0.25) is 0 Å². The summed E-state index contributed by atoms with van der Waals surface area (Å²) in [6, 6.07) is 1.46. The molecule has 1 aromatic rings. The van der Waals surface area contributed by atoms with E-state index < -0.39 is 5.82 Å². The molecule has 1 aromatic heterocycles. The Morgan fingerprint density at radius 1 is 1.44 bits per heavy atom. The number of hydrogen-bond donors (Lipinski definition) is 2. The molecule has 16 heavy (non-hydrogen) atoms. The van der Waals surface area contributed by atoms with Crippen LogP contribution in [0.25, 0.3) is 0 Å². The van der Waals surface area contributed by atoms with Crippen LogP contribution in [-0.2, 0) is 6.61 Å². The van der Waals surface area contributed by atoms with Crippen molar-refractivity contribution in [3.63, 3.8) is 0 Å². The minimum absolute atomic E-state index is 0.0673. The van der Waals surface area contributed by atoms with Crippen LogP contribution in [0.2, 0.25) is 0 Å². The van der Waals surface area contributed by atoms with Crippen LogP contribution in [0.5, 0.6) is 0 Å². The highest BCUT2D eigenvalue weighted by Crippen LogP contribution is 2.19. The molecule has 0 spiro atoms. The number of halogens is 1. The number of nitrogens with zero attached hydrogens (tertiary/aromatic N) is 2. The van der Waals surface area contributed by atoms with Gasteiger partial charge in [0, 0.05) is 31.5 Å². The Balaban J connectivity index is 2.91. The molecular formula is C11H17FN2O2. The maximum Gasteiger partial charge on any atom is 0.171 e. The Hall–Kier alpha value is -1.20. The van der Waals surface area contributed by atoms with Gasteiger partial charge in [0.15, 0.2) is 11.6 Å². The molecule has 0 aliphatic carbocycles. The van der Waals surface area contributed by atoms with E-state index in [9.17, 15) is 4.39 Å². The van der Waals surface area contributed by atoms with E-state index in [1.54, 1.807) is 4.90 Å². The van der Waals surface area contributed by atoms with Gasteiger partial charge >= 0.3 is 0 Å². The fourth-order valence-electron chi connectivity index (χ4n) is 1.49. The van der Waals surface area contributed by atoms with Gasteiger partial charge in [-0.3, -0.25) is 0 Å². The lowest BCUT2D eigenvalue weighted by Gasteiger charge is -2.22. The second kappa shape index (κ2) is 6.40. The summed E-state index contributed by atoms with van der Waals surface area (Å²) in [5.74, 6) is -0.243. The molecule has 0 aliphatic heterocycles. The topological polar surface area (TPSA) is 56.6 Å². The van der Waals surface area contributed by atoms with E-state index in [1.807, 2.05) is 6.92 Å². The number of pyridine rings is 1. The largest absolute Gasteiger partial charge is 0.396 e. The average Bonchev–Trinajstić information content (AvgIpc) is 2.32. The smallest absolute Gasteiger partial charge is 0.171 e. The van der Waals surface area contributed by atoms with Crippen molar-refractivity contribution in [3.05, 3.63) is 23.6 Å². The van der Waals surface area contributed by atoms with Gasteiger partial charge in [0.25, 0.3) is 0 Å². The monoisotopic (exact) mass is 228 g/mol. The van der Waals surface area contributed by atoms with Crippen LogP contribution in [0.1, 0.15) is 18.9 Å². The van der Waals surface area contributed by atoms with Gasteiger partial charge in [-0.2, -0.15) is 0 Å². The number of hydrogen-bond acceptors (Lipinski definition) is 4. The number of aliphatic hydroxyl groups excluding tert-OH is 2. The van der Waals surface area contributed by atoms with Crippen LogP contribution in [-0.4, -0.2) is 34.9 Å². The number of rotatable bonds is 6. The molecule has 0 unspecified atom stereocenters. The summed E-state index contributed by atoms with van der Waals surface area (Å²) < 4.78 is 13.8. The zero-order chi connectivity index (χ0) is 12.0. The molecule has 0 aliphatic rings. The third-order valence-corrected chi connectivity index (χ3v) is 2.39.